The fourth-order valence-corrected chi connectivity index (χ4v) is 2.08. The zero-order valence-electron chi connectivity index (χ0n) is 11.1. The maximum atomic E-state index is 12.3. The van der Waals surface area contributed by atoms with E-state index in [2.05, 4.69) is 0 Å². The normalized spacial score (nSPS) is 14.3. The highest BCUT2D eigenvalue weighted by atomic mass is 19.1. The van der Waals surface area contributed by atoms with E-state index in [4.69, 9.17) is 4.42 Å². The van der Waals surface area contributed by atoms with Gasteiger partial charge in [-0.2, -0.15) is 0 Å². The van der Waals surface area contributed by atoms with Gasteiger partial charge in [-0.05, 0) is 25.0 Å². The van der Waals surface area contributed by atoms with E-state index in [-0.39, 0.29) is 12.8 Å². The molecule has 0 aliphatic heterocycles. The van der Waals surface area contributed by atoms with Crippen molar-refractivity contribution in [3.63, 3.8) is 0 Å². The third kappa shape index (κ3) is 2.65. The number of carbonyl (C=O) groups excluding carboxylic acids is 1. The van der Waals surface area contributed by atoms with E-state index in [0.717, 1.165) is 4.57 Å². The zero-order valence-corrected chi connectivity index (χ0v) is 11.1. The molecule has 0 amide bonds. The minimum absolute atomic E-state index is 0.175. The summed E-state index contributed by atoms with van der Waals surface area (Å²) in [5, 5.41) is 9.85. The summed E-state index contributed by atoms with van der Waals surface area (Å²) in [5.41, 5.74) is 0.684. The number of aliphatic hydroxyl groups is 1. The van der Waals surface area contributed by atoms with Crippen molar-refractivity contribution in [2.75, 3.05) is 6.67 Å². The van der Waals surface area contributed by atoms with Gasteiger partial charge < -0.3 is 9.52 Å². The van der Waals surface area contributed by atoms with E-state index in [1.807, 2.05) is 0 Å². The Balaban J connectivity index is 2.31. The summed E-state index contributed by atoms with van der Waals surface area (Å²) < 4.78 is 18.0. The Morgan fingerprint density at radius 1 is 1.45 bits per heavy atom. The summed E-state index contributed by atoms with van der Waals surface area (Å²) in [7, 11) is 0. The number of hydrogen-bond donors (Lipinski definition) is 1. The smallest absolute Gasteiger partial charge is 0.407 e. The minimum Gasteiger partial charge on any atom is -0.407 e. The summed E-state index contributed by atoms with van der Waals surface area (Å²) in [6.45, 7) is 0.964. The second-order valence-corrected chi connectivity index (χ2v) is 4.70. The van der Waals surface area contributed by atoms with Crippen molar-refractivity contribution in [1.82, 2.24) is 4.57 Å². The van der Waals surface area contributed by atoms with Crippen LogP contribution in [0, 0.1) is 5.92 Å². The Kier molecular flexibility index (Phi) is 4.34. The summed E-state index contributed by atoms with van der Waals surface area (Å²) in [6.07, 6.45) is -0.632. The fourth-order valence-electron chi connectivity index (χ4n) is 2.08. The van der Waals surface area contributed by atoms with E-state index >= 15 is 0 Å². The lowest BCUT2D eigenvalue weighted by molar-refractivity contribution is 0.0595. The Hall–Kier alpha value is -1.95. The van der Waals surface area contributed by atoms with Crippen molar-refractivity contribution in [3.05, 3.63) is 34.8 Å². The Morgan fingerprint density at radius 2 is 2.15 bits per heavy atom. The van der Waals surface area contributed by atoms with Gasteiger partial charge in [-0.1, -0.05) is 19.1 Å². The predicted octanol–water partition coefficient (Wildman–Crippen LogP) is 1.98. The maximum absolute atomic E-state index is 12.3. The molecule has 2 atom stereocenters. The molecule has 20 heavy (non-hydrogen) atoms. The van der Waals surface area contributed by atoms with Crippen molar-refractivity contribution in [2.45, 2.75) is 25.9 Å². The van der Waals surface area contributed by atoms with Gasteiger partial charge in [0.2, 0.25) is 5.91 Å². The van der Waals surface area contributed by atoms with Gasteiger partial charge in [0.15, 0.2) is 5.58 Å². The van der Waals surface area contributed by atoms with Crippen LogP contribution in [-0.4, -0.2) is 28.4 Å². The third-order valence-electron chi connectivity index (χ3n) is 3.31. The van der Waals surface area contributed by atoms with Crippen LogP contribution in [0.25, 0.3) is 11.1 Å². The number of carbonyl (C=O) groups is 1. The van der Waals surface area contributed by atoms with Crippen LogP contribution in [0.4, 0.5) is 4.39 Å². The lowest BCUT2D eigenvalue weighted by Crippen LogP contribution is -2.34. The van der Waals surface area contributed by atoms with Gasteiger partial charge in [0.05, 0.1) is 24.2 Å². The summed E-state index contributed by atoms with van der Waals surface area (Å²) in [6, 6.07) is 6.56. The summed E-state index contributed by atoms with van der Waals surface area (Å²) in [5.74, 6) is -2.13. The number of benzene rings is 1. The Morgan fingerprint density at radius 3 is 2.85 bits per heavy atom. The molecular formula is C14H16FNO4. The quantitative estimate of drug-likeness (QED) is 0.909. The number of aliphatic hydroxyl groups excluding tert-OH is 1. The molecular weight excluding hydrogens is 265 g/mol. The van der Waals surface area contributed by atoms with Crippen LogP contribution in [-0.2, 0) is 0 Å². The van der Waals surface area contributed by atoms with Crippen LogP contribution in [0.2, 0.25) is 0 Å². The highest BCUT2D eigenvalue weighted by Crippen LogP contribution is 2.16. The first-order valence-electron chi connectivity index (χ1n) is 6.45. The number of alkyl halides is 1. The lowest BCUT2D eigenvalue weighted by Gasteiger charge is -2.16. The SMILES string of the molecule is CC(C(=O)n1c(=O)oc2ccccc21)C(O)CCCF. The molecule has 0 aliphatic rings. The van der Waals surface area contributed by atoms with Gasteiger partial charge in [0, 0.05) is 0 Å². The monoisotopic (exact) mass is 281 g/mol. The van der Waals surface area contributed by atoms with E-state index < -0.39 is 30.4 Å². The fraction of sp³-hybridized carbons (Fsp3) is 0.429. The largest absolute Gasteiger partial charge is 0.426 e. The van der Waals surface area contributed by atoms with Crippen molar-refractivity contribution < 1.29 is 18.7 Å². The third-order valence-corrected chi connectivity index (χ3v) is 3.31. The molecule has 0 saturated heterocycles. The molecule has 2 rings (SSSR count). The van der Waals surface area contributed by atoms with E-state index in [0.29, 0.717) is 11.1 Å². The van der Waals surface area contributed by atoms with E-state index in [1.165, 1.54) is 6.92 Å². The van der Waals surface area contributed by atoms with Crippen LogP contribution in [0.5, 0.6) is 0 Å². The molecule has 0 spiro atoms. The minimum atomic E-state index is -0.987. The number of oxazole rings is 1. The second kappa shape index (κ2) is 6.00. The van der Waals surface area contributed by atoms with Gasteiger partial charge >= 0.3 is 5.76 Å². The van der Waals surface area contributed by atoms with Crippen molar-refractivity contribution >= 4 is 17.0 Å². The zero-order chi connectivity index (χ0) is 14.7. The molecule has 108 valence electrons. The van der Waals surface area contributed by atoms with Gasteiger partial charge in [0.25, 0.3) is 0 Å². The first-order chi connectivity index (χ1) is 9.56. The molecule has 5 nitrogen and oxygen atoms in total. The standard InChI is InChI=1S/C14H16FNO4/c1-9(11(17)6-4-8-15)13(18)16-10-5-2-3-7-12(10)20-14(16)19/h2-3,5,7,9,11,17H,4,6,8H2,1H3. The molecule has 2 aromatic rings. The average molecular weight is 281 g/mol. The van der Waals surface area contributed by atoms with Crippen LogP contribution in [0.1, 0.15) is 24.6 Å². The van der Waals surface area contributed by atoms with Gasteiger partial charge in [0.1, 0.15) is 0 Å². The number of nitrogens with zero attached hydrogens (tertiary/aromatic N) is 1. The molecule has 1 aromatic carbocycles. The molecule has 0 saturated carbocycles. The molecule has 0 aliphatic carbocycles. The number of rotatable bonds is 5. The summed E-state index contributed by atoms with van der Waals surface area (Å²) >= 11 is 0. The Labute approximate surface area is 114 Å². The molecule has 1 aromatic heterocycles. The van der Waals surface area contributed by atoms with E-state index in [1.54, 1.807) is 24.3 Å². The van der Waals surface area contributed by atoms with Crippen LogP contribution in [0.3, 0.4) is 0 Å². The first kappa shape index (κ1) is 14.5. The molecule has 1 heterocycles. The molecule has 0 fully saturated rings. The topological polar surface area (TPSA) is 72.4 Å². The lowest BCUT2D eigenvalue weighted by atomic mass is 9.99. The number of halogens is 1. The predicted molar refractivity (Wildman–Crippen MR) is 71.5 cm³/mol. The van der Waals surface area contributed by atoms with Crippen LogP contribution in [0.15, 0.2) is 33.5 Å². The van der Waals surface area contributed by atoms with Crippen molar-refractivity contribution in [1.29, 1.82) is 0 Å². The van der Waals surface area contributed by atoms with Crippen molar-refractivity contribution in [3.8, 4) is 0 Å². The molecule has 0 radical (unpaired) electrons. The Bertz CT molecular complexity index is 660. The van der Waals surface area contributed by atoms with Gasteiger partial charge in [-0.25, -0.2) is 9.36 Å². The highest BCUT2D eigenvalue weighted by molar-refractivity contribution is 5.90. The maximum Gasteiger partial charge on any atom is 0.426 e. The van der Waals surface area contributed by atoms with Crippen molar-refractivity contribution in [2.24, 2.45) is 5.92 Å². The van der Waals surface area contributed by atoms with Gasteiger partial charge in [-0.3, -0.25) is 9.18 Å². The molecule has 2 unspecified atom stereocenters. The summed E-state index contributed by atoms with van der Waals surface area (Å²) in [4.78, 5) is 24.0. The number of aromatic nitrogens is 1. The van der Waals surface area contributed by atoms with Crippen LogP contribution < -0.4 is 5.76 Å². The first-order valence-corrected chi connectivity index (χ1v) is 6.45. The number of para-hydroxylation sites is 2. The molecule has 1 N–H and O–H groups in total. The van der Waals surface area contributed by atoms with Gasteiger partial charge in [-0.15, -0.1) is 0 Å². The number of hydrogen-bond acceptors (Lipinski definition) is 4. The average Bonchev–Trinajstić information content (AvgIpc) is 2.78. The van der Waals surface area contributed by atoms with E-state index in [9.17, 15) is 19.1 Å². The highest BCUT2D eigenvalue weighted by Gasteiger charge is 2.26. The van der Waals surface area contributed by atoms with Crippen LogP contribution >= 0.6 is 0 Å². The molecule has 6 heteroatoms. The number of fused-ring (bicyclic) bond motifs is 1. The molecule has 0 bridgehead atoms. The second-order valence-electron chi connectivity index (χ2n) is 4.70.